The van der Waals surface area contributed by atoms with Crippen LogP contribution in [0.5, 0.6) is 0 Å². The Hall–Kier alpha value is -0.900. The molecule has 72 valence electrons. The van der Waals surface area contributed by atoms with Crippen LogP contribution in [-0.4, -0.2) is 13.1 Å². The summed E-state index contributed by atoms with van der Waals surface area (Å²) < 4.78 is 6.30. The Bertz CT molecular complexity index is 271. The third-order valence-corrected chi connectivity index (χ3v) is 1.60. The summed E-state index contributed by atoms with van der Waals surface area (Å²) in [5.41, 5.74) is 1.18. The van der Waals surface area contributed by atoms with E-state index in [1.807, 2.05) is 31.5 Å². The zero-order valence-electron chi connectivity index (χ0n) is 7.66. The first-order chi connectivity index (χ1) is 5.72. The molecule has 1 rings (SSSR count). The lowest BCUT2D eigenvalue weighted by Crippen LogP contribution is -3.00. The van der Waals surface area contributed by atoms with Crippen molar-refractivity contribution in [1.82, 2.24) is 0 Å². The number of aryl methyl sites for hydroxylation is 1. The van der Waals surface area contributed by atoms with Gasteiger partial charge in [0.2, 0.25) is 6.54 Å². The van der Waals surface area contributed by atoms with Gasteiger partial charge in [-0.3, -0.25) is 0 Å². The fourth-order valence-electron chi connectivity index (χ4n) is 0.851. The minimum atomic E-state index is -0.233. The molecule has 1 heterocycles. The van der Waals surface area contributed by atoms with Crippen LogP contribution >= 0.6 is 0 Å². The van der Waals surface area contributed by atoms with Gasteiger partial charge in [-0.15, -0.1) is 0 Å². The van der Waals surface area contributed by atoms with Gasteiger partial charge < -0.3 is 21.7 Å². The van der Waals surface area contributed by atoms with Crippen LogP contribution in [0.1, 0.15) is 5.56 Å². The number of carbonyl (C=O) groups is 1. The van der Waals surface area contributed by atoms with E-state index in [2.05, 4.69) is 4.74 Å². The summed E-state index contributed by atoms with van der Waals surface area (Å²) in [5, 5.41) is 0. The summed E-state index contributed by atoms with van der Waals surface area (Å²) in [4.78, 5) is 10.8. The van der Waals surface area contributed by atoms with E-state index in [0.717, 1.165) is 0 Å². The summed E-state index contributed by atoms with van der Waals surface area (Å²) in [5.74, 6) is -0.233. The standard InChI is InChI=1S/C9H12NO2.BrH/c1-8-3-5-10(6-4-8)7-9(11)12-2;/h3-6H,7H2,1-2H3;1H/q+1;/p-1. The van der Waals surface area contributed by atoms with Gasteiger partial charge in [0, 0.05) is 12.1 Å². The molecule has 0 unspecified atom stereocenters. The van der Waals surface area contributed by atoms with E-state index in [-0.39, 0.29) is 29.5 Å². The first kappa shape index (κ1) is 12.1. The average Bonchev–Trinajstić information content (AvgIpc) is 2.09. The Morgan fingerprint density at radius 2 is 2.00 bits per heavy atom. The second-order valence-corrected chi connectivity index (χ2v) is 2.62. The number of ether oxygens (including phenoxy) is 1. The average molecular weight is 246 g/mol. The van der Waals surface area contributed by atoms with Crippen LogP contribution < -0.4 is 21.5 Å². The highest BCUT2D eigenvalue weighted by molar-refractivity contribution is 5.67. The highest BCUT2D eigenvalue weighted by Gasteiger charge is 2.07. The lowest BCUT2D eigenvalue weighted by molar-refractivity contribution is -0.685. The number of pyridine rings is 1. The number of halogens is 1. The largest absolute Gasteiger partial charge is 1.00 e. The van der Waals surface area contributed by atoms with Crippen LogP contribution in [0.25, 0.3) is 0 Å². The third kappa shape index (κ3) is 4.03. The van der Waals surface area contributed by atoms with Crippen molar-refractivity contribution in [3.05, 3.63) is 30.1 Å². The third-order valence-electron chi connectivity index (χ3n) is 1.60. The summed E-state index contributed by atoms with van der Waals surface area (Å²) in [6, 6.07) is 3.89. The molecule has 0 spiro atoms. The number of carbonyl (C=O) groups excluding carboxylic acids is 1. The second kappa shape index (κ2) is 5.70. The molecule has 0 aromatic carbocycles. The molecule has 4 heteroatoms. The molecule has 0 aliphatic carbocycles. The molecule has 1 aromatic heterocycles. The molecule has 0 fully saturated rings. The lowest BCUT2D eigenvalue weighted by Gasteiger charge is -1.95. The van der Waals surface area contributed by atoms with Crippen molar-refractivity contribution in [2.75, 3.05) is 7.11 Å². The predicted octanol–water partition coefficient (Wildman–Crippen LogP) is -2.54. The van der Waals surface area contributed by atoms with Crippen molar-refractivity contribution in [3.8, 4) is 0 Å². The minimum absolute atomic E-state index is 0. The van der Waals surface area contributed by atoms with Crippen molar-refractivity contribution in [2.45, 2.75) is 13.5 Å². The van der Waals surface area contributed by atoms with Gasteiger partial charge in [0.15, 0.2) is 12.4 Å². The maximum absolute atomic E-state index is 10.8. The lowest BCUT2D eigenvalue weighted by atomic mass is 10.3. The summed E-state index contributed by atoms with van der Waals surface area (Å²) in [7, 11) is 1.39. The van der Waals surface area contributed by atoms with Gasteiger partial charge in [-0.2, -0.15) is 4.57 Å². The first-order valence-corrected chi connectivity index (χ1v) is 3.75. The van der Waals surface area contributed by atoms with Gasteiger partial charge in [0.1, 0.15) is 0 Å². The number of hydrogen-bond acceptors (Lipinski definition) is 2. The van der Waals surface area contributed by atoms with Gasteiger partial charge >= 0.3 is 5.97 Å². The highest BCUT2D eigenvalue weighted by atomic mass is 79.9. The summed E-state index contributed by atoms with van der Waals surface area (Å²) in [6.45, 7) is 2.28. The zero-order chi connectivity index (χ0) is 8.97. The van der Waals surface area contributed by atoms with Crippen molar-refractivity contribution in [2.24, 2.45) is 0 Å². The van der Waals surface area contributed by atoms with Crippen LogP contribution in [0.3, 0.4) is 0 Å². The molecule has 0 atom stereocenters. The van der Waals surface area contributed by atoms with Gasteiger partial charge in [-0.05, 0) is 12.5 Å². The van der Waals surface area contributed by atoms with Crippen molar-refractivity contribution in [3.63, 3.8) is 0 Å². The normalized spacial score (nSPS) is 8.77. The van der Waals surface area contributed by atoms with E-state index in [1.54, 1.807) is 4.57 Å². The molecule has 3 nitrogen and oxygen atoms in total. The molecular formula is C9H12BrNO2. The molecule has 0 saturated heterocycles. The number of rotatable bonds is 2. The van der Waals surface area contributed by atoms with Crippen LogP contribution in [0.2, 0.25) is 0 Å². The number of esters is 1. The zero-order valence-corrected chi connectivity index (χ0v) is 9.24. The number of hydrogen-bond donors (Lipinski definition) is 0. The molecule has 0 amide bonds. The van der Waals surface area contributed by atoms with E-state index >= 15 is 0 Å². The second-order valence-electron chi connectivity index (χ2n) is 2.62. The SMILES string of the molecule is COC(=O)C[n+]1ccc(C)cc1.[Br-]. The fourth-order valence-corrected chi connectivity index (χ4v) is 0.851. The maximum Gasteiger partial charge on any atom is 0.372 e. The van der Waals surface area contributed by atoms with Gasteiger partial charge in [-0.1, -0.05) is 0 Å². The Kier molecular flexibility index (Phi) is 5.30. The first-order valence-electron chi connectivity index (χ1n) is 3.75. The van der Waals surface area contributed by atoms with Gasteiger partial charge in [0.05, 0.1) is 7.11 Å². The minimum Gasteiger partial charge on any atom is -1.00 e. The van der Waals surface area contributed by atoms with E-state index in [1.165, 1.54) is 12.7 Å². The molecule has 0 aliphatic rings. The molecule has 0 aliphatic heterocycles. The predicted molar refractivity (Wildman–Crippen MR) is 43.4 cm³/mol. The van der Waals surface area contributed by atoms with E-state index in [9.17, 15) is 4.79 Å². The number of aromatic nitrogens is 1. The molecule has 1 aromatic rings. The topological polar surface area (TPSA) is 30.2 Å². The molecule has 0 N–H and O–H groups in total. The smallest absolute Gasteiger partial charge is 0.372 e. The van der Waals surface area contributed by atoms with Gasteiger partial charge in [-0.25, -0.2) is 4.79 Å². The van der Waals surface area contributed by atoms with Crippen molar-refractivity contribution < 1.29 is 31.1 Å². The Labute approximate surface area is 88.1 Å². The Balaban J connectivity index is 0.00000144. The Morgan fingerprint density at radius 3 is 2.46 bits per heavy atom. The molecule has 0 saturated carbocycles. The quantitative estimate of drug-likeness (QED) is 0.425. The maximum atomic E-state index is 10.8. The summed E-state index contributed by atoms with van der Waals surface area (Å²) >= 11 is 0. The van der Waals surface area contributed by atoms with E-state index < -0.39 is 0 Å². The van der Waals surface area contributed by atoms with E-state index in [0.29, 0.717) is 0 Å². The number of nitrogens with zero attached hydrogens (tertiary/aromatic N) is 1. The molecule has 0 bridgehead atoms. The van der Waals surface area contributed by atoms with E-state index in [4.69, 9.17) is 0 Å². The number of methoxy groups -OCH3 is 1. The van der Waals surface area contributed by atoms with Gasteiger partial charge in [0.25, 0.3) is 0 Å². The van der Waals surface area contributed by atoms with Crippen LogP contribution in [0.4, 0.5) is 0 Å². The Morgan fingerprint density at radius 1 is 1.46 bits per heavy atom. The summed E-state index contributed by atoms with van der Waals surface area (Å²) in [6.07, 6.45) is 3.71. The van der Waals surface area contributed by atoms with Crippen LogP contribution in [0, 0.1) is 6.92 Å². The van der Waals surface area contributed by atoms with Crippen molar-refractivity contribution >= 4 is 5.97 Å². The monoisotopic (exact) mass is 245 g/mol. The molecular weight excluding hydrogens is 234 g/mol. The highest BCUT2D eigenvalue weighted by Crippen LogP contribution is 1.89. The van der Waals surface area contributed by atoms with Crippen LogP contribution in [0.15, 0.2) is 24.5 Å². The fraction of sp³-hybridized carbons (Fsp3) is 0.333. The molecule has 0 radical (unpaired) electrons. The van der Waals surface area contributed by atoms with Crippen LogP contribution in [-0.2, 0) is 16.1 Å². The molecule has 13 heavy (non-hydrogen) atoms. The van der Waals surface area contributed by atoms with Crippen molar-refractivity contribution in [1.29, 1.82) is 0 Å².